The van der Waals surface area contributed by atoms with Gasteiger partial charge >= 0.3 is 0 Å². The van der Waals surface area contributed by atoms with Crippen LogP contribution in [0.3, 0.4) is 0 Å². The van der Waals surface area contributed by atoms with E-state index in [1.165, 1.54) is 0 Å². The van der Waals surface area contributed by atoms with Crippen molar-refractivity contribution in [2.24, 2.45) is 5.73 Å². The van der Waals surface area contributed by atoms with Gasteiger partial charge in [0.05, 0.1) is 0 Å². The number of benzene rings is 1. The molecule has 0 saturated heterocycles. The number of halogens is 1. The van der Waals surface area contributed by atoms with E-state index in [1.807, 2.05) is 31.3 Å². The lowest BCUT2D eigenvalue weighted by atomic mass is 9.75. The van der Waals surface area contributed by atoms with Crippen LogP contribution < -0.4 is 5.73 Å². The first kappa shape index (κ1) is 13.4. The third kappa shape index (κ3) is 3.24. The van der Waals surface area contributed by atoms with E-state index < -0.39 is 0 Å². The van der Waals surface area contributed by atoms with Gasteiger partial charge < -0.3 is 10.6 Å². The van der Waals surface area contributed by atoms with Gasteiger partial charge in [-0.3, -0.25) is 4.79 Å². The number of hydrogen-bond donors (Lipinski definition) is 1. The zero-order valence-electron chi connectivity index (χ0n) is 10.7. The minimum Gasteiger partial charge on any atom is -0.341 e. The van der Waals surface area contributed by atoms with Gasteiger partial charge in [-0.1, -0.05) is 23.7 Å². The van der Waals surface area contributed by atoms with Crippen molar-refractivity contribution >= 4 is 17.5 Å². The summed E-state index contributed by atoms with van der Waals surface area (Å²) in [6.07, 6.45) is 3.51. The summed E-state index contributed by atoms with van der Waals surface area (Å²) in [5, 5.41) is 0.697. The lowest BCUT2D eigenvalue weighted by Gasteiger charge is -2.38. The van der Waals surface area contributed by atoms with Gasteiger partial charge in [-0.25, -0.2) is 0 Å². The molecule has 0 atom stereocenters. The normalized spacial score (nSPS) is 17.1. The average Bonchev–Trinajstić information content (AvgIpc) is 2.26. The van der Waals surface area contributed by atoms with E-state index in [9.17, 15) is 4.79 Å². The molecule has 0 aromatic heterocycles. The summed E-state index contributed by atoms with van der Waals surface area (Å²) < 4.78 is 0. The molecule has 2 N–H and O–H groups in total. The fourth-order valence-corrected chi connectivity index (χ4v) is 2.45. The number of amides is 1. The molecule has 0 unspecified atom stereocenters. The first-order valence-corrected chi connectivity index (χ1v) is 6.64. The molecule has 0 radical (unpaired) electrons. The number of nitrogens with two attached hydrogens (primary N) is 1. The van der Waals surface area contributed by atoms with Crippen LogP contribution in [0.15, 0.2) is 24.3 Å². The third-order valence-corrected chi connectivity index (χ3v) is 3.82. The highest BCUT2D eigenvalue weighted by molar-refractivity contribution is 6.30. The van der Waals surface area contributed by atoms with Gasteiger partial charge in [0.25, 0.3) is 0 Å². The zero-order chi connectivity index (χ0) is 13.2. The highest BCUT2D eigenvalue weighted by Gasteiger charge is 2.35. The summed E-state index contributed by atoms with van der Waals surface area (Å²) in [5.41, 5.74) is 6.88. The molecule has 1 aliphatic rings. The Morgan fingerprint density at radius 3 is 2.78 bits per heavy atom. The summed E-state index contributed by atoms with van der Waals surface area (Å²) in [6, 6.07) is 7.58. The van der Waals surface area contributed by atoms with Gasteiger partial charge in [0.15, 0.2) is 0 Å². The molecule has 1 aromatic rings. The van der Waals surface area contributed by atoms with E-state index >= 15 is 0 Å². The summed E-state index contributed by atoms with van der Waals surface area (Å²) >= 11 is 5.92. The van der Waals surface area contributed by atoms with Gasteiger partial charge in [0.2, 0.25) is 5.91 Å². The SMILES string of the molecule is CN(Cc1cccc(Cl)c1)C(=O)CC1(N)CCC1. The highest BCUT2D eigenvalue weighted by atomic mass is 35.5. The predicted molar refractivity (Wildman–Crippen MR) is 73.3 cm³/mol. The number of rotatable bonds is 4. The monoisotopic (exact) mass is 266 g/mol. The second-order valence-electron chi connectivity index (χ2n) is 5.27. The summed E-state index contributed by atoms with van der Waals surface area (Å²) in [5.74, 6) is 0.108. The average molecular weight is 267 g/mol. The predicted octanol–water partition coefficient (Wildman–Crippen LogP) is 2.57. The minimum absolute atomic E-state index is 0.108. The molecule has 0 spiro atoms. The van der Waals surface area contributed by atoms with Crippen molar-refractivity contribution in [2.45, 2.75) is 37.8 Å². The quantitative estimate of drug-likeness (QED) is 0.910. The lowest BCUT2D eigenvalue weighted by Crippen LogP contribution is -2.50. The second-order valence-corrected chi connectivity index (χ2v) is 5.71. The summed E-state index contributed by atoms with van der Waals surface area (Å²) in [4.78, 5) is 13.8. The van der Waals surface area contributed by atoms with Crippen molar-refractivity contribution in [3.05, 3.63) is 34.9 Å². The number of hydrogen-bond acceptors (Lipinski definition) is 2. The molecule has 4 heteroatoms. The van der Waals surface area contributed by atoms with Crippen LogP contribution in [0.2, 0.25) is 5.02 Å². The minimum atomic E-state index is -0.250. The Morgan fingerprint density at radius 1 is 1.50 bits per heavy atom. The summed E-state index contributed by atoms with van der Waals surface area (Å²) in [6.45, 7) is 0.579. The molecule has 18 heavy (non-hydrogen) atoms. The molecule has 0 heterocycles. The van der Waals surface area contributed by atoms with Gasteiger partial charge in [0, 0.05) is 30.6 Å². The van der Waals surface area contributed by atoms with Crippen LogP contribution in [0.1, 0.15) is 31.2 Å². The van der Waals surface area contributed by atoms with Crippen molar-refractivity contribution in [1.29, 1.82) is 0 Å². The first-order chi connectivity index (χ1) is 8.48. The maximum Gasteiger partial charge on any atom is 0.224 e. The molecule has 1 aromatic carbocycles. The fourth-order valence-electron chi connectivity index (χ4n) is 2.24. The van der Waals surface area contributed by atoms with Crippen molar-refractivity contribution in [3.8, 4) is 0 Å². The zero-order valence-corrected chi connectivity index (χ0v) is 11.4. The van der Waals surface area contributed by atoms with E-state index in [0.29, 0.717) is 18.0 Å². The van der Waals surface area contributed by atoms with Gasteiger partial charge in [-0.15, -0.1) is 0 Å². The first-order valence-electron chi connectivity index (χ1n) is 6.26. The van der Waals surface area contributed by atoms with Crippen molar-refractivity contribution in [2.75, 3.05) is 7.05 Å². The molecular formula is C14H19ClN2O. The smallest absolute Gasteiger partial charge is 0.224 e. The molecule has 3 nitrogen and oxygen atoms in total. The lowest BCUT2D eigenvalue weighted by molar-refractivity contribution is -0.132. The van der Waals surface area contributed by atoms with Crippen LogP contribution >= 0.6 is 11.6 Å². The number of carbonyl (C=O) groups is 1. The van der Waals surface area contributed by atoms with E-state index in [1.54, 1.807) is 4.90 Å². The van der Waals surface area contributed by atoms with Gasteiger partial charge in [-0.05, 0) is 37.0 Å². The number of carbonyl (C=O) groups excluding carboxylic acids is 1. The Bertz CT molecular complexity index is 443. The largest absolute Gasteiger partial charge is 0.341 e. The standard InChI is InChI=1S/C14H19ClN2O/c1-17(10-11-4-2-5-12(15)8-11)13(18)9-14(16)6-3-7-14/h2,4-5,8H,3,6-7,9-10,16H2,1H3. The Hall–Kier alpha value is -1.06. The topological polar surface area (TPSA) is 46.3 Å². The van der Waals surface area contributed by atoms with E-state index in [0.717, 1.165) is 24.8 Å². The van der Waals surface area contributed by atoms with E-state index in [-0.39, 0.29) is 11.4 Å². The molecule has 1 aliphatic carbocycles. The Balaban J connectivity index is 1.91. The highest BCUT2D eigenvalue weighted by Crippen LogP contribution is 2.32. The fraction of sp³-hybridized carbons (Fsp3) is 0.500. The molecule has 98 valence electrons. The second kappa shape index (κ2) is 5.29. The molecule has 0 bridgehead atoms. The third-order valence-electron chi connectivity index (χ3n) is 3.59. The van der Waals surface area contributed by atoms with Crippen LogP contribution in [-0.4, -0.2) is 23.4 Å². The van der Waals surface area contributed by atoms with Crippen LogP contribution in [0.25, 0.3) is 0 Å². The molecule has 1 amide bonds. The summed E-state index contributed by atoms with van der Waals surface area (Å²) in [7, 11) is 1.81. The molecule has 2 rings (SSSR count). The Morgan fingerprint density at radius 2 is 2.22 bits per heavy atom. The van der Waals surface area contributed by atoms with E-state index in [4.69, 9.17) is 17.3 Å². The van der Waals surface area contributed by atoms with Crippen molar-refractivity contribution < 1.29 is 4.79 Å². The molecule has 1 fully saturated rings. The molecule has 0 aliphatic heterocycles. The number of nitrogens with zero attached hydrogens (tertiary/aromatic N) is 1. The van der Waals surface area contributed by atoms with Gasteiger partial charge in [0.1, 0.15) is 0 Å². The van der Waals surface area contributed by atoms with Crippen molar-refractivity contribution in [1.82, 2.24) is 4.90 Å². The van der Waals surface area contributed by atoms with Crippen LogP contribution in [0, 0.1) is 0 Å². The van der Waals surface area contributed by atoms with Crippen LogP contribution in [-0.2, 0) is 11.3 Å². The van der Waals surface area contributed by atoms with Crippen LogP contribution in [0.4, 0.5) is 0 Å². The molecule has 1 saturated carbocycles. The maximum atomic E-state index is 12.1. The van der Waals surface area contributed by atoms with Gasteiger partial charge in [-0.2, -0.15) is 0 Å². The van der Waals surface area contributed by atoms with E-state index in [2.05, 4.69) is 0 Å². The Labute approximate surface area is 113 Å². The Kier molecular flexibility index (Phi) is 3.93. The van der Waals surface area contributed by atoms with Crippen LogP contribution in [0.5, 0.6) is 0 Å². The maximum absolute atomic E-state index is 12.1. The molecular weight excluding hydrogens is 248 g/mol. The van der Waals surface area contributed by atoms with Crippen molar-refractivity contribution in [3.63, 3.8) is 0 Å².